The average molecular weight is 663 g/mol. The lowest BCUT2D eigenvalue weighted by Crippen LogP contribution is -2.45. The Balaban J connectivity index is 1.81. The van der Waals surface area contributed by atoms with E-state index in [-0.39, 0.29) is 22.2 Å². The highest BCUT2D eigenvalue weighted by molar-refractivity contribution is 9.11. The molecule has 40 heavy (non-hydrogen) atoms. The van der Waals surface area contributed by atoms with Crippen LogP contribution in [0.15, 0.2) is 91.3 Å². The summed E-state index contributed by atoms with van der Waals surface area (Å²) in [5.74, 6) is -0.460. The van der Waals surface area contributed by atoms with Crippen molar-refractivity contribution in [1.29, 1.82) is 0 Å². The molecular weight excluding hydrogens is 638 g/mol. The highest BCUT2D eigenvalue weighted by atomic mass is 79.9. The number of aromatic nitrogens is 4. The second-order valence-electron chi connectivity index (χ2n) is 9.89. The largest absolute Gasteiger partial charge is 0.323 e. The quantitative estimate of drug-likeness (QED) is 0.291. The summed E-state index contributed by atoms with van der Waals surface area (Å²) in [5.41, 5.74) is 1.48. The molecular formula is C30H25Br2N5O3. The van der Waals surface area contributed by atoms with Gasteiger partial charge in [0.2, 0.25) is 5.91 Å². The summed E-state index contributed by atoms with van der Waals surface area (Å²) in [6, 6.07) is 22.2. The monoisotopic (exact) mass is 661 g/mol. The SMILES string of the molecule is Cc1c(C2(c3c(C)n(C)n(-c4ccccc4)c3=O)C(=O)Nc3c(Br)cc(Br)cc32)c(=O)n(-c2ccccc2)n1C. The molecule has 8 nitrogen and oxygen atoms in total. The fourth-order valence-corrected chi connectivity index (χ4v) is 7.27. The van der Waals surface area contributed by atoms with Crippen LogP contribution in [0.4, 0.5) is 5.69 Å². The van der Waals surface area contributed by atoms with Gasteiger partial charge in [0.1, 0.15) is 5.41 Å². The zero-order valence-electron chi connectivity index (χ0n) is 22.2. The van der Waals surface area contributed by atoms with Gasteiger partial charge in [-0.05, 0) is 66.2 Å². The standard InChI is InChI=1S/C30H25Br2N5O3/c1-17-24(27(38)36(34(17)3)20-11-7-5-8-12-20)30(22-15-19(31)16-23(32)26(22)33-29(30)40)25-18(2)35(4)37(28(25)39)21-13-9-6-10-14-21/h5-16H,1-4H3,(H,33,40). The molecule has 0 bridgehead atoms. The van der Waals surface area contributed by atoms with Crippen molar-refractivity contribution >= 4 is 43.5 Å². The zero-order chi connectivity index (χ0) is 28.5. The molecule has 0 spiro atoms. The average Bonchev–Trinajstić information content (AvgIpc) is 3.43. The Morgan fingerprint density at radius 1 is 0.700 bits per heavy atom. The highest BCUT2D eigenvalue weighted by Gasteiger charge is 2.57. The molecule has 1 aliphatic rings. The molecule has 202 valence electrons. The number of fused-ring (bicyclic) bond motifs is 1. The first kappa shape index (κ1) is 26.3. The van der Waals surface area contributed by atoms with Gasteiger partial charge in [-0.3, -0.25) is 23.7 Å². The van der Waals surface area contributed by atoms with E-state index >= 15 is 0 Å². The van der Waals surface area contributed by atoms with E-state index in [0.29, 0.717) is 43.0 Å². The predicted octanol–water partition coefficient (Wildman–Crippen LogP) is 5.09. The minimum absolute atomic E-state index is 0.228. The number of halogens is 2. The lowest BCUT2D eigenvalue weighted by atomic mass is 9.70. The Kier molecular flexibility index (Phi) is 6.15. The topological polar surface area (TPSA) is 83.0 Å². The molecule has 3 aromatic carbocycles. The first-order chi connectivity index (χ1) is 19.1. The smallest absolute Gasteiger partial charge is 0.276 e. The number of rotatable bonds is 4. The van der Waals surface area contributed by atoms with Gasteiger partial charge >= 0.3 is 0 Å². The number of hydrogen-bond donors (Lipinski definition) is 1. The summed E-state index contributed by atoms with van der Waals surface area (Å²) < 4.78 is 7.90. The van der Waals surface area contributed by atoms with Crippen molar-refractivity contribution in [3.8, 4) is 11.4 Å². The van der Waals surface area contributed by atoms with Crippen LogP contribution in [-0.2, 0) is 24.3 Å². The lowest BCUT2D eigenvalue weighted by molar-refractivity contribution is -0.118. The molecule has 0 aliphatic carbocycles. The molecule has 1 N–H and O–H groups in total. The van der Waals surface area contributed by atoms with Gasteiger partial charge in [-0.2, -0.15) is 0 Å². The molecule has 1 aliphatic heterocycles. The number of benzene rings is 3. The van der Waals surface area contributed by atoms with Crippen molar-refractivity contribution < 1.29 is 4.79 Å². The van der Waals surface area contributed by atoms with Crippen molar-refractivity contribution in [2.45, 2.75) is 19.3 Å². The van der Waals surface area contributed by atoms with E-state index in [1.165, 1.54) is 0 Å². The second-order valence-corrected chi connectivity index (χ2v) is 11.7. The van der Waals surface area contributed by atoms with E-state index in [2.05, 4.69) is 37.2 Å². The van der Waals surface area contributed by atoms with Gasteiger partial charge in [0, 0.05) is 40.0 Å². The molecule has 0 saturated heterocycles. The van der Waals surface area contributed by atoms with E-state index in [4.69, 9.17) is 0 Å². The molecule has 2 aromatic heterocycles. The number of amides is 1. The third-order valence-corrected chi connectivity index (χ3v) is 8.98. The number of para-hydroxylation sites is 2. The number of hydrogen-bond acceptors (Lipinski definition) is 3. The van der Waals surface area contributed by atoms with Gasteiger partial charge in [0.15, 0.2) is 0 Å². The molecule has 5 aromatic rings. The summed E-state index contributed by atoms with van der Waals surface area (Å²) in [6.45, 7) is 3.62. The van der Waals surface area contributed by atoms with Crippen LogP contribution in [0, 0.1) is 13.8 Å². The first-order valence-corrected chi connectivity index (χ1v) is 14.2. The van der Waals surface area contributed by atoms with Crippen LogP contribution in [0.25, 0.3) is 11.4 Å². The first-order valence-electron chi connectivity index (χ1n) is 12.6. The molecule has 3 heterocycles. The Labute approximate surface area is 246 Å². The van der Waals surface area contributed by atoms with Gasteiger partial charge < -0.3 is 5.32 Å². The minimum atomic E-state index is -1.72. The van der Waals surface area contributed by atoms with Gasteiger partial charge in [0.25, 0.3) is 11.1 Å². The van der Waals surface area contributed by atoms with E-state index in [9.17, 15) is 14.4 Å². The molecule has 6 rings (SSSR count). The highest BCUT2D eigenvalue weighted by Crippen LogP contribution is 2.51. The Hall–Kier alpha value is -3.89. The fourth-order valence-electron chi connectivity index (χ4n) is 5.95. The Morgan fingerprint density at radius 3 is 1.60 bits per heavy atom. The summed E-state index contributed by atoms with van der Waals surface area (Å²) in [7, 11) is 3.57. The molecule has 0 radical (unpaired) electrons. The molecule has 0 saturated carbocycles. The van der Waals surface area contributed by atoms with Crippen LogP contribution in [0.1, 0.15) is 28.1 Å². The Bertz CT molecular complexity index is 1850. The van der Waals surface area contributed by atoms with Crippen LogP contribution in [0.3, 0.4) is 0 Å². The third-order valence-electron chi connectivity index (χ3n) is 7.90. The van der Waals surface area contributed by atoms with Gasteiger partial charge in [-0.1, -0.05) is 52.3 Å². The fraction of sp³-hybridized carbons (Fsp3) is 0.167. The van der Waals surface area contributed by atoms with E-state index in [1.807, 2.05) is 86.6 Å². The van der Waals surface area contributed by atoms with E-state index in [1.54, 1.807) is 32.8 Å². The van der Waals surface area contributed by atoms with Crippen LogP contribution in [0.5, 0.6) is 0 Å². The molecule has 0 fully saturated rings. The molecule has 0 unspecified atom stereocenters. The number of carbonyl (C=O) groups excluding carboxylic acids is 1. The van der Waals surface area contributed by atoms with Crippen LogP contribution < -0.4 is 16.4 Å². The van der Waals surface area contributed by atoms with Crippen molar-refractivity contribution in [1.82, 2.24) is 18.7 Å². The van der Waals surface area contributed by atoms with E-state index < -0.39 is 11.3 Å². The molecule has 0 atom stereocenters. The minimum Gasteiger partial charge on any atom is -0.323 e. The van der Waals surface area contributed by atoms with Gasteiger partial charge in [-0.15, -0.1) is 0 Å². The maximum Gasteiger partial charge on any atom is 0.276 e. The van der Waals surface area contributed by atoms with E-state index in [0.717, 1.165) is 0 Å². The number of anilines is 1. The van der Waals surface area contributed by atoms with Crippen molar-refractivity contribution in [3.63, 3.8) is 0 Å². The Morgan fingerprint density at radius 2 is 1.15 bits per heavy atom. The van der Waals surface area contributed by atoms with Crippen molar-refractivity contribution in [2.75, 3.05) is 5.32 Å². The normalized spacial score (nSPS) is 13.9. The summed E-state index contributed by atoms with van der Waals surface area (Å²) in [6.07, 6.45) is 0. The maximum absolute atomic E-state index is 14.5. The van der Waals surface area contributed by atoms with Crippen LogP contribution in [-0.4, -0.2) is 24.6 Å². The van der Waals surface area contributed by atoms with Crippen LogP contribution in [0.2, 0.25) is 0 Å². The number of nitrogens with zero attached hydrogens (tertiary/aromatic N) is 4. The van der Waals surface area contributed by atoms with Gasteiger partial charge in [-0.25, -0.2) is 9.36 Å². The molecule has 10 heteroatoms. The summed E-state index contributed by atoms with van der Waals surface area (Å²) in [5, 5.41) is 3.01. The number of carbonyl (C=O) groups is 1. The zero-order valence-corrected chi connectivity index (χ0v) is 25.4. The summed E-state index contributed by atoms with van der Waals surface area (Å²) >= 11 is 7.16. The maximum atomic E-state index is 14.5. The van der Waals surface area contributed by atoms with Crippen LogP contribution >= 0.6 is 31.9 Å². The summed E-state index contributed by atoms with van der Waals surface area (Å²) in [4.78, 5) is 43.5. The lowest BCUT2D eigenvalue weighted by Gasteiger charge is -2.26. The van der Waals surface area contributed by atoms with Crippen molar-refractivity contribution in [3.05, 3.63) is 131 Å². The van der Waals surface area contributed by atoms with Crippen molar-refractivity contribution in [2.24, 2.45) is 14.1 Å². The third kappa shape index (κ3) is 3.45. The predicted molar refractivity (Wildman–Crippen MR) is 162 cm³/mol. The second kappa shape index (κ2) is 9.35. The van der Waals surface area contributed by atoms with Gasteiger partial charge in [0.05, 0.1) is 28.2 Å². The molecule has 1 amide bonds. The number of nitrogens with one attached hydrogen (secondary N) is 1.